The van der Waals surface area contributed by atoms with E-state index in [4.69, 9.17) is 0 Å². The lowest BCUT2D eigenvalue weighted by atomic mass is 9.49. The van der Waals surface area contributed by atoms with Crippen molar-refractivity contribution in [1.29, 1.82) is 0 Å². The van der Waals surface area contributed by atoms with Crippen LogP contribution in [0.25, 0.3) is 0 Å². The number of hydrogen-bond donors (Lipinski definition) is 2. The van der Waals surface area contributed by atoms with Crippen LogP contribution in [0.2, 0.25) is 0 Å². The smallest absolute Gasteiger partial charge is 0.233 e. The van der Waals surface area contributed by atoms with Crippen molar-refractivity contribution in [3.05, 3.63) is 0 Å². The van der Waals surface area contributed by atoms with Crippen LogP contribution in [0.4, 0.5) is 0 Å². The van der Waals surface area contributed by atoms with Gasteiger partial charge in [0.05, 0.1) is 6.54 Å². The summed E-state index contributed by atoms with van der Waals surface area (Å²) in [6.07, 6.45) is 11.3. The van der Waals surface area contributed by atoms with E-state index < -0.39 is 0 Å². The zero-order valence-electron chi connectivity index (χ0n) is 12.5. The van der Waals surface area contributed by atoms with Gasteiger partial charge in [0.25, 0.3) is 0 Å². The molecule has 4 bridgehead atoms. The number of rotatable bonds is 6. The number of hydrogen-bond acceptors (Lipinski definition) is 2. The second kappa shape index (κ2) is 5.01. The predicted octanol–water partition coefficient (Wildman–Crippen LogP) is 2.32. The first-order chi connectivity index (χ1) is 9.71. The van der Waals surface area contributed by atoms with E-state index >= 15 is 0 Å². The van der Waals surface area contributed by atoms with Gasteiger partial charge >= 0.3 is 0 Å². The molecule has 0 aromatic heterocycles. The molecule has 5 fully saturated rings. The van der Waals surface area contributed by atoms with Gasteiger partial charge in [0.2, 0.25) is 5.91 Å². The van der Waals surface area contributed by atoms with Gasteiger partial charge in [0.15, 0.2) is 0 Å². The molecule has 1 amide bonds. The van der Waals surface area contributed by atoms with Crippen LogP contribution in [0.1, 0.15) is 51.4 Å². The van der Waals surface area contributed by atoms with Crippen molar-refractivity contribution < 1.29 is 4.79 Å². The van der Waals surface area contributed by atoms with E-state index in [0.29, 0.717) is 12.0 Å². The molecule has 0 unspecified atom stereocenters. The van der Waals surface area contributed by atoms with Crippen molar-refractivity contribution in [2.45, 2.75) is 51.4 Å². The normalized spacial score (nSPS) is 41.9. The molecule has 0 aliphatic heterocycles. The highest BCUT2D eigenvalue weighted by Gasteiger charge is 2.50. The van der Waals surface area contributed by atoms with E-state index in [0.717, 1.165) is 36.8 Å². The molecule has 0 spiro atoms. The molecule has 0 atom stereocenters. The van der Waals surface area contributed by atoms with Crippen molar-refractivity contribution in [2.24, 2.45) is 29.1 Å². The third kappa shape index (κ3) is 2.74. The van der Waals surface area contributed by atoms with Gasteiger partial charge in [-0.25, -0.2) is 0 Å². The minimum Gasteiger partial charge on any atom is -0.354 e. The third-order valence-corrected chi connectivity index (χ3v) is 6.24. The second-order valence-corrected chi connectivity index (χ2v) is 8.27. The summed E-state index contributed by atoms with van der Waals surface area (Å²) in [7, 11) is 0. The van der Waals surface area contributed by atoms with Gasteiger partial charge in [0.1, 0.15) is 0 Å². The van der Waals surface area contributed by atoms with Crippen molar-refractivity contribution in [3.8, 4) is 0 Å². The highest BCUT2D eigenvalue weighted by molar-refractivity contribution is 5.78. The fraction of sp³-hybridized carbons (Fsp3) is 0.941. The van der Waals surface area contributed by atoms with E-state index in [1.54, 1.807) is 0 Å². The minimum atomic E-state index is 0.210. The number of amides is 1. The van der Waals surface area contributed by atoms with Gasteiger partial charge in [-0.3, -0.25) is 4.79 Å². The lowest BCUT2D eigenvalue weighted by Gasteiger charge is -2.56. The molecule has 5 aliphatic carbocycles. The second-order valence-electron chi connectivity index (χ2n) is 8.27. The fourth-order valence-corrected chi connectivity index (χ4v) is 5.57. The van der Waals surface area contributed by atoms with Gasteiger partial charge in [0, 0.05) is 6.54 Å². The van der Waals surface area contributed by atoms with E-state index in [2.05, 4.69) is 10.6 Å². The van der Waals surface area contributed by atoms with Gasteiger partial charge < -0.3 is 10.6 Å². The maximum atomic E-state index is 12.0. The predicted molar refractivity (Wildman–Crippen MR) is 79.2 cm³/mol. The fourth-order valence-electron chi connectivity index (χ4n) is 5.57. The molecular weight excluding hydrogens is 248 g/mol. The van der Waals surface area contributed by atoms with Crippen LogP contribution in [-0.4, -0.2) is 25.5 Å². The molecular formula is C17H28N2O. The molecule has 0 aromatic carbocycles. The molecule has 3 nitrogen and oxygen atoms in total. The first kappa shape index (κ1) is 13.1. The summed E-state index contributed by atoms with van der Waals surface area (Å²) < 4.78 is 0. The lowest BCUT2D eigenvalue weighted by Crippen LogP contribution is -2.51. The summed E-state index contributed by atoms with van der Waals surface area (Å²) in [6.45, 7) is 2.49. The Morgan fingerprint density at radius 2 is 1.60 bits per heavy atom. The molecule has 3 heteroatoms. The highest BCUT2D eigenvalue weighted by Crippen LogP contribution is 2.59. The van der Waals surface area contributed by atoms with Gasteiger partial charge in [-0.1, -0.05) is 0 Å². The molecule has 0 heterocycles. The van der Waals surface area contributed by atoms with Crippen LogP contribution in [0.3, 0.4) is 0 Å². The summed E-state index contributed by atoms with van der Waals surface area (Å²) in [6, 6.07) is 0. The standard InChI is InChI=1S/C17H28N2O/c20-16(10-18-9-12-1-2-12)19-11-17-6-13-3-14(7-17)5-15(4-13)8-17/h12-15,18H,1-11H2,(H,19,20). The Bertz CT molecular complexity index is 353. The Kier molecular flexibility index (Phi) is 3.29. The molecule has 5 rings (SSSR count). The Hall–Kier alpha value is -0.570. The number of nitrogens with one attached hydrogen (secondary N) is 2. The molecule has 5 saturated carbocycles. The van der Waals surface area contributed by atoms with Gasteiger partial charge in [-0.05, 0) is 87.0 Å². The zero-order chi connectivity index (χ0) is 13.6. The van der Waals surface area contributed by atoms with Crippen LogP contribution in [0.5, 0.6) is 0 Å². The Labute approximate surface area is 122 Å². The van der Waals surface area contributed by atoms with Gasteiger partial charge in [-0.2, -0.15) is 0 Å². The number of carbonyl (C=O) groups excluding carboxylic acids is 1. The summed E-state index contributed by atoms with van der Waals surface area (Å²) in [5.74, 6) is 4.00. The van der Waals surface area contributed by atoms with Crippen LogP contribution in [0.15, 0.2) is 0 Å². The Morgan fingerprint density at radius 1 is 1.00 bits per heavy atom. The van der Waals surface area contributed by atoms with Crippen molar-refractivity contribution >= 4 is 5.91 Å². The highest BCUT2D eigenvalue weighted by atomic mass is 16.1. The SMILES string of the molecule is O=C(CNCC1CC1)NCC12CC3CC(CC(C3)C1)C2. The van der Waals surface area contributed by atoms with Gasteiger partial charge in [-0.15, -0.1) is 0 Å². The average Bonchev–Trinajstić information content (AvgIpc) is 3.19. The quantitative estimate of drug-likeness (QED) is 0.781. The molecule has 112 valence electrons. The van der Waals surface area contributed by atoms with E-state index in [9.17, 15) is 4.79 Å². The maximum Gasteiger partial charge on any atom is 0.233 e. The maximum absolute atomic E-state index is 12.0. The zero-order valence-corrected chi connectivity index (χ0v) is 12.5. The van der Waals surface area contributed by atoms with Crippen LogP contribution >= 0.6 is 0 Å². The van der Waals surface area contributed by atoms with E-state index in [1.165, 1.54) is 51.4 Å². The van der Waals surface area contributed by atoms with Crippen LogP contribution in [0, 0.1) is 29.1 Å². The summed E-state index contributed by atoms with van der Waals surface area (Å²) in [5, 5.41) is 6.53. The minimum absolute atomic E-state index is 0.210. The monoisotopic (exact) mass is 276 g/mol. The van der Waals surface area contributed by atoms with Crippen molar-refractivity contribution in [3.63, 3.8) is 0 Å². The summed E-state index contributed by atoms with van der Waals surface area (Å²) in [4.78, 5) is 12.0. The van der Waals surface area contributed by atoms with Crippen molar-refractivity contribution in [1.82, 2.24) is 10.6 Å². The van der Waals surface area contributed by atoms with E-state index in [1.807, 2.05) is 0 Å². The molecule has 20 heavy (non-hydrogen) atoms. The van der Waals surface area contributed by atoms with Crippen LogP contribution in [-0.2, 0) is 4.79 Å². The number of carbonyl (C=O) groups is 1. The molecule has 5 aliphatic rings. The molecule has 0 aromatic rings. The largest absolute Gasteiger partial charge is 0.354 e. The first-order valence-electron chi connectivity index (χ1n) is 8.68. The average molecular weight is 276 g/mol. The topological polar surface area (TPSA) is 41.1 Å². The first-order valence-corrected chi connectivity index (χ1v) is 8.68. The molecule has 0 saturated heterocycles. The summed E-state index contributed by atoms with van der Waals surface area (Å²) >= 11 is 0. The third-order valence-electron chi connectivity index (χ3n) is 6.24. The molecule has 2 N–H and O–H groups in total. The lowest BCUT2D eigenvalue weighted by molar-refractivity contribution is -0.122. The Morgan fingerprint density at radius 3 is 2.15 bits per heavy atom. The summed E-state index contributed by atoms with van der Waals surface area (Å²) in [5.41, 5.74) is 0.473. The molecule has 0 radical (unpaired) electrons. The van der Waals surface area contributed by atoms with Crippen LogP contribution < -0.4 is 10.6 Å². The van der Waals surface area contributed by atoms with Crippen molar-refractivity contribution in [2.75, 3.05) is 19.6 Å². The van der Waals surface area contributed by atoms with E-state index in [-0.39, 0.29) is 5.91 Å². The Balaban J connectivity index is 1.25.